The summed E-state index contributed by atoms with van der Waals surface area (Å²) in [6.07, 6.45) is 0. The molecule has 0 atom stereocenters. The molecular weight excluding hydrogens is 365 g/mol. The standard InChI is InChI=1S/C13H13BrFNO2S2/c1-9-5-6-19-12(9)8-16(2)20(17,18)13-7-10(14)3-4-11(13)15/h3-7H,8H2,1-2H3. The van der Waals surface area contributed by atoms with Gasteiger partial charge in [-0.3, -0.25) is 0 Å². The van der Waals surface area contributed by atoms with Gasteiger partial charge in [-0.2, -0.15) is 4.31 Å². The van der Waals surface area contributed by atoms with E-state index in [4.69, 9.17) is 0 Å². The molecule has 0 saturated carbocycles. The predicted molar refractivity (Wildman–Crippen MR) is 81.8 cm³/mol. The molecule has 0 radical (unpaired) electrons. The van der Waals surface area contributed by atoms with Crippen LogP contribution in [0.25, 0.3) is 0 Å². The summed E-state index contributed by atoms with van der Waals surface area (Å²) in [4.78, 5) is 0.634. The third-order valence-corrected chi connectivity index (χ3v) is 6.24. The van der Waals surface area contributed by atoms with Crippen LogP contribution in [0.3, 0.4) is 0 Å². The molecule has 0 bridgehead atoms. The van der Waals surface area contributed by atoms with Crippen molar-refractivity contribution in [2.24, 2.45) is 0 Å². The molecule has 0 aliphatic carbocycles. The molecule has 1 aromatic heterocycles. The summed E-state index contributed by atoms with van der Waals surface area (Å²) in [5, 5.41) is 1.91. The number of hydrogen-bond donors (Lipinski definition) is 0. The minimum Gasteiger partial charge on any atom is -0.207 e. The average molecular weight is 378 g/mol. The van der Waals surface area contributed by atoms with Gasteiger partial charge in [0, 0.05) is 22.9 Å². The van der Waals surface area contributed by atoms with Gasteiger partial charge in [-0.05, 0) is 42.1 Å². The lowest BCUT2D eigenvalue weighted by atomic mass is 10.3. The fourth-order valence-corrected chi connectivity index (χ4v) is 4.47. The molecule has 2 rings (SSSR count). The van der Waals surface area contributed by atoms with Crippen molar-refractivity contribution in [2.45, 2.75) is 18.4 Å². The number of rotatable bonds is 4. The summed E-state index contributed by atoms with van der Waals surface area (Å²) in [6.45, 7) is 2.16. The summed E-state index contributed by atoms with van der Waals surface area (Å²) in [7, 11) is -2.40. The van der Waals surface area contributed by atoms with Crippen molar-refractivity contribution < 1.29 is 12.8 Å². The van der Waals surface area contributed by atoms with Gasteiger partial charge in [-0.1, -0.05) is 15.9 Å². The predicted octanol–water partition coefficient (Wildman–Crippen LogP) is 3.78. The largest absolute Gasteiger partial charge is 0.246 e. The van der Waals surface area contributed by atoms with E-state index in [1.807, 2.05) is 18.4 Å². The van der Waals surface area contributed by atoms with Gasteiger partial charge in [0.25, 0.3) is 0 Å². The number of thiophene rings is 1. The molecule has 7 heteroatoms. The molecule has 0 fully saturated rings. The molecule has 1 aromatic carbocycles. The highest BCUT2D eigenvalue weighted by Crippen LogP contribution is 2.25. The minimum atomic E-state index is -3.85. The Labute approximate surface area is 130 Å². The fourth-order valence-electron chi connectivity index (χ4n) is 1.70. The van der Waals surface area contributed by atoms with Crippen LogP contribution in [-0.4, -0.2) is 19.8 Å². The third kappa shape index (κ3) is 3.11. The van der Waals surface area contributed by atoms with Gasteiger partial charge >= 0.3 is 0 Å². The van der Waals surface area contributed by atoms with E-state index in [1.54, 1.807) is 0 Å². The number of halogens is 2. The Morgan fingerprint density at radius 2 is 2.05 bits per heavy atom. The van der Waals surface area contributed by atoms with E-state index in [2.05, 4.69) is 15.9 Å². The van der Waals surface area contributed by atoms with Crippen LogP contribution >= 0.6 is 27.3 Å². The average Bonchev–Trinajstić information content (AvgIpc) is 2.78. The molecule has 0 saturated heterocycles. The number of nitrogens with zero attached hydrogens (tertiary/aromatic N) is 1. The van der Waals surface area contributed by atoms with Crippen LogP contribution in [0, 0.1) is 12.7 Å². The summed E-state index contributed by atoms with van der Waals surface area (Å²) in [6, 6.07) is 5.82. The molecule has 20 heavy (non-hydrogen) atoms. The highest BCUT2D eigenvalue weighted by molar-refractivity contribution is 9.10. The van der Waals surface area contributed by atoms with E-state index in [1.165, 1.54) is 30.5 Å². The lowest BCUT2D eigenvalue weighted by molar-refractivity contribution is 0.462. The lowest BCUT2D eigenvalue weighted by Gasteiger charge is -2.17. The molecule has 0 amide bonds. The number of benzene rings is 1. The van der Waals surface area contributed by atoms with Crippen LogP contribution < -0.4 is 0 Å². The van der Waals surface area contributed by atoms with E-state index in [9.17, 15) is 12.8 Å². The van der Waals surface area contributed by atoms with E-state index in [0.29, 0.717) is 4.47 Å². The van der Waals surface area contributed by atoms with E-state index in [-0.39, 0.29) is 11.4 Å². The highest BCUT2D eigenvalue weighted by Gasteiger charge is 2.25. The Morgan fingerprint density at radius 1 is 1.35 bits per heavy atom. The van der Waals surface area contributed by atoms with Crippen LogP contribution in [0.1, 0.15) is 10.4 Å². The molecule has 0 aliphatic rings. The smallest absolute Gasteiger partial charge is 0.207 e. The van der Waals surface area contributed by atoms with Crippen LogP contribution in [0.4, 0.5) is 4.39 Å². The Hall–Kier alpha value is -0.760. The van der Waals surface area contributed by atoms with E-state index >= 15 is 0 Å². The second-order valence-electron chi connectivity index (χ2n) is 4.36. The van der Waals surface area contributed by atoms with Gasteiger partial charge in [0.15, 0.2) is 0 Å². The first kappa shape index (κ1) is 15.6. The zero-order chi connectivity index (χ0) is 14.9. The molecule has 3 nitrogen and oxygen atoms in total. The van der Waals surface area contributed by atoms with Gasteiger partial charge in [-0.25, -0.2) is 12.8 Å². The maximum atomic E-state index is 13.8. The Morgan fingerprint density at radius 3 is 2.65 bits per heavy atom. The van der Waals surface area contributed by atoms with Gasteiger partial charge in [0.1, 0.15) is 10.7 Å². The normalized spacial score (nSPS) is 12.1. The SMILES string of the molecule is Cc1ccsc1CN(C)S(=O)(=O)c1cc(Br)ccc1F. The summed E-state index contributed by atoms with van der Waals surface area (Å²) in [5.74, 6) is -0.747. The van der Waals surface area contributed by atoms with Crippen molar-refractivity contribution in [2.75, 3.05) is 7.05 Å². The highest BCUT2D eigenvalue weighted by atomic mass is 79.9. The maximum Gasteiger partial charge on any atom is 0.246 e. The lowest BCUT2D eigenvalue weighted by Crippen LogP contribution is -2.27. The molecule has 0 aliphatic heterocycles. The van der Waals surface area contributed by atoms with Crippen molar-refractivity contribution in [3.8, 4) is 0 Å². The minimum absolute atomic E-state index is 0.234. The van der Waals surface area contributed by atoms with Crippen molar-refractivity contribution in [3.05, 3.63) is 50.4 Å². The Bertz CT molecular complexity index is 728. The monoisotopic (exact) mass is 377 g/mol. The summed E-state index contributed by atoms with van der Waals surface area (Å²) in [5.41, 5.74) is 1.03. The topological polar surface area (TPSA) is 37.4 Å². The van der Waals surface area contributed by atoms with Crippen LogP contribution in [0.2, 0.25) is 0 Å². The number of sulfonamides is 1. The summed E-state index contributed by atoms with van der Waals surface area (Å²) < 4.78 is 40.3. The number of hydrogen-bond acceptors (Lipinski definition) is 3. The zero-order valence-corrected chi connectivity index (χ0v) is 14.1. The third-order valence-electron chi connectivity index (χ3n) is 2.92. The summed E-state index contributed by atoms with van der Waals surface area (Å²) >= 11 is 4.65. The van der Waals surface area contributed by atoms with Crippen molar-refractivity contribution in [1.29, 1.82) is 0 Å². The quantitative estimate of drug-likeness (QED) is 0.812. The molecule has 108 valence electrons. The maximum absolute atomic E-state index is 13.8. The molecule has 2 aromatic rings. The second-order valence-corrected chi connectivity index (χ2v) is 8.29. The molecule has 0 unspecified atom stereocenters. The van der Waals surface area contributed by atoms with Gasteiger partial charge < -0.3 is 0 Å². The van der Waals surface area contributed by atoms with Crippen molar-refractivity contribution in [3.63, 3.8) is 0 Å². The first-order chi connectivity index (χ1) is 9.32. The molecule has 1 heterocycles. The van der Waals surface area contributed by atoms with Crippen LogP contribution in [0.15, 0.2) is 39.0 Å². The second kappa shape index (κ2) is 5.93. The molecule has 0 N–H and O–H groups in total. The van der Waals surface area contributed by atoms with Gasteiger partial charge in [0.05, 0.1) is 0 Å². The van der Waals surface area contributed by atoms with Crippen molar-refractivity contribution in [1.82, 2.24) is 4.31 Å². The molecular formula is C13H13BrFNO2S2. The van der Waals surface area contributed by atoms with Gasteiger partial charge in [0.2, 0.25) is 10.0 Å². The number of aryl methyl sites for hydroxylation is 1. The van der Waals surface area contributed by atoms with Crippen LogP contribution in [0.5, 0.6) is 0 Å². The Kier molecular flexibility index (Phi) is 4.63. The van der Waals surface area contributed by atoms with E-state index < -0.39 is 15.8 Å². The van der Waals surface area contributed by atoms with Gasteiger partial charge in [-0.15, -0.1) is 11.3 Å². The van der Waals surface area contributed by atoms with Crippen molar-refractivity contribution >= 4 is 37.3 Å². The van der Waals surface area contributed by atoms with Crippen LogP contribution in [-0.2, 0) is 16.6 Å². The zero-order valence-electron chi connectivity index (χ0n) is 10.9. The fraction of sp³-hybridized carbons (Fsp3) is 0.231. The Balaban J connectivity index is 2.35. The molecule has 0 spiro atoms. The first-order valence-corrected chi connectivity index (χ1v) is 8.88. The first-order valence-electron chi connectivity index (χ1n) is 5.76. The van der Waals surface area contributed by atoms with E-state index in [0.717, 1.165) is 20.8 Å².